The third-order valence-electron chi connectivity index (χ3n) is 5.31. The first-order valence-electron chi connectivity index (χ1n) is 11.9. The predicted octanol–water partition coefficient (Wildman–Crippen LogP) is 8.24. The van der Waals surface area contributed by atoms with Gasteiger partial charge in [0.25, 0.3) is 0 Å². The van der Waals surface area contributed by atoms with Gasteiger partial charge in [0.1, 0.15) is 11.5 Å². The Balaban J connectivity index is 1.36. The lowest BCUT2D eigenvalue weighted by Crippen LogP contribution is -2.06. The van der Waals surface area contributed by atoms with Crippen molar-refractivity contribution in [3.8, 4) is 11.5 Å². The molecule has 3 rings (SSSR count). The Kier molecular flexibility index (Phi) is 10.7. The minimum atomic E-state index is -0.345. The van der Waals surface area contributed by atoms with E-state index in [1.54, 1.807) is 29.8 Å². The van der Waals surface area contributed by atoms with Gasteiger partial charge < -0.3 is 9.47 Å². The van der Waals surface area contributed by atoms with Gasteiger partial charge in [-0.1, -0.05) is 51.9 Å². The number of rotatable bonds is 14. The lowest BCUT2D eigenvalue weighted by Gasteiger charge is -2.06. The van der Waals surface area contributed by atoms with Gasteiger partial charge in [-0.2, -0.15) is 11.3 Å². The summed E-state index contributed by atoms with van der Waals surface area (Å²) >= 11 is 1.47. The maximum Gasteiger partial charge on any atom is 0.344 e. The van der Waals surface area contributed by atoms with E-state index < -0.39 is 0 Å². The van der Waals surface area contributed by atoms with Crippen LogP contribution in [0.2, 0.25) is 0 Å². The molecule has 0 fully saturated rings. The maximum atomic E-state index is 12.0. The Hall–Kier alpha value is -2.92. The number of unbranched alkanes of at least 4 members (excludes halogenated alkanes) is 7. The molecule has 1 heterocycles. The highest BCUT2D eigenvalue weighted by Gasteiger charge is 2.08. The topological polar surface area (TPSA) is 47.9 Å². The van der Waals surface area contributed by atoms with Crippen LogP contribution >= 0.6 is 11.3 Å². The van der Waals surface area contributed by atoms with E-state index in [1.807, 2.05) is 41.8 Å². The van der Waals surface area contributed by atoms with Crippen LogP contribution in [0.5, 0.6) is 11.5 Å². The van der Waals surface area contributed by atoms with E-state index in [2.05, 4.69) is 11.9 Å². The molecule has 0 saturated heterocycles. The number of hydrogen-bond acceptors (Lipinski definition) is 5. The molecule has 0 aliphatic heterocycles. The largest absolute Gasteiger partial charge is 0.494 e. The highest BCUT2D eigenvalue weighted by atomic mass is 32.1. The van der Waals surface area contributed by atoms with Gasteiger partial charge in [0.15, 0.2) is 0 Å². The van der Waals surface area contributed by atoms with Crippen molar-refractivity contribution in [3.63, 3.8) is 0 Å². The van der Waals surface area contributed by atoms with Crippen LogP contribution in [0, 0.1) is 0 Å². The molecule has 0 bridgehead atoms. The van der Waals surface area contributed by atoms with Crippen LogP contribution in [-0.2, 0) is 0 Å². The Bertz CT molecular complexity index is 963. The van der Waals surface area contributed by atoms with Gasteiger partial charge in [-0.3, -0.25) is 4.99 Å². The van der Waals surface area contributed by atoms with Crippen molar-refractivity contribution in [1.82, 2.24) is 0 Å². The summed E-state index contributed by atoms with van der Waals surface area (Å²) in [6.45, 7) is 3.02. The molecule has 0 atom stereocenters. The average molecular weight is 464 g/mol. The molecular formula is C28H33NO3S. The highest BCUT2D eigenvalue weighted by Crippen LogP contribution is 2.20. The van der Waals surface area contributed by atoms with E-state index in [9.17, 15) is 4.79 Å². The van der Waals surface area contributed by atoms with E-state index in [4.69, 9.17) is 9.47 Å². The number of nitrogens with zero attached hydrogens (tertiary/aromatic N) is 1. The van der Waals surface area contributed by atoms with Crippen LogP contribution in [-0.4, -0.2) is 18.8 Å². The van der Waals surface area contributed by atoms with Crippen molar-refractivity contribution in [2.45, 2.75) is 58.3 Å². The van der Waals surface area contributed by atoms with Crippen molar-refractivity contribution in [2.75, 3.05) is 6.61 Å². The number of thiophene rings is 1. The number of benzene rings is 2. The Labute approximate surface area is 201 Å². The lowest BCUT2D eigenvalue weighted by atomic mass is 10.1. The van der Waals surface area contributed by atoms with E-state index in [1.165, 1.54) is 56.3 Å². The molecule has 0 aliphatic carbocycles. The van der Waals surface area contributed by atoms with Crippen LogP contribution in [0.3, 0.4) is 0 Å². The summed E-state index contributed by atoms with van der Waals surface area (Å²) in [5.41, 5.74) is 2.36. The summed E-state index contributed by atoms with van der Waals surface area (Å²) < 4.78 is 11.2. The molecule has 0 N–H and O–H groups in total. The van der Waals surface area contributed by atoms with Crippen LogP contribution in [0.4, 0.5) is 5.69 Å². The molecule has 5 heteroatoms. The zero-order chi connectivity index (χ0) is 23.1. The maximum absolute atomic E-state index is 12.0. The van der Waals surface area contributed by atoms with E-state index >= 15 is 0 Å². The average Bonchev–Trinajstić information content (AvgIpc) is 3.39. The fraction of sp³-hybridized carbons (Fsp3) is 0.357. The van der Waals surface area contributed by atoms with Gasteiger partial charge in [-0.15, -0.1) is 0 Å². The number of aliphatic imine (C=N–C) groups is 1. The molecule has 0 saturated carbocycles. The summed E-state index contributed by atoms with van der Waals surface area (Å²) in [5, 5.41) is 3.63. The summed E-state index contributed by atoms with van der Waals surface area (Å²) in [6, 6.07) is 16.9. The van der Waals surface area contributed by atoms with Crippen LogP contribution in [0.15, 0.2) is 70.3 Å². The molecule has 4 nitrogen and oxygen atoms in total. The molecule has 0 radical (unpaired) electrons. The third kappa shape index (κ3) is 9.22. The monoisotopic (exact) mass is 463 g/mol. The first kappa shape index (κ1) is 24.7. The molecule has 0 spiro atoms. The van der Waals surface area contributed by atoms with Gasteiger partial charge in [-0.05, 0) is 72.0 Å². The normalized spacial score (nSPS) is 11.1. The first-order valence-corrected chi connectivity index (χ1v) is 12.8. The summed E-state index contributed by atoms with van der Waals surface area (Å²) in [5.74, 6) is 1.05. The molecule has 0 aliphatic rings. The van der Waals surface area contributed by atoms with E-state index in [0.717, 1.165) is 30.0 Å². The molecule has 0 amide bonds. The zero-order valence-corrected chi connectivity index (χ0v) is 20.2. The summed E-state index contributed by atoms with van der Waals surface area (Å²) in [7, 11) is 0. The molecular weight excluding hydrogens is 430 g/mol. The number of carbonyl (C=O) groups is 1. The molecule has 33 heavy (non-hydrogen) atoms. The fourth-order valence-electron chi connectivity index (χ4n) is 3.37. The van der Waals surface area contributed by atoms with Crippen molar-refractivity contribution >= 4 is 29.2 Å². The number of carbonyl (C=O) groups excluding carboxylic acids is 1. The minimum Gasteiger partial charge on any atom is -0.494 e. The second kappa shape index (κ2) is 14.3. The second-order valence-electron chi connectivity index (χ2n) is 8.05. The smallest absolute Gasteiger partial charge is 0.344 e. The van der Waals surface area contributed by atoms with E-state index in [0.29, 0.717) is 11.3 Å². The van der Waals surface area contributed by atoms with Gasteiger partial charge in [0.05, 0.1) is 17.9 Å². The number of esters is 1. The quantitative estimate of drug-likeness (QED) is 0.105. The van der Waals surface area contributed by atoms with E-state index in [-0.39, 0.29) is 5.97 Å². The molecule has 174 valence electrons. The standard InChI is InChI=1S/C28H33NO3S/c1-2-3-4-5-6-7-8-9-19-31-26-16-12-25(13-17-26)29-21-23-10-14-27(15-11-23)32-28(30)24-18-20-33-22-24/h10-18,20-22H,2-9,19H2,1H3. The predicted molar refractivity (Wildman–Crippen MR) is 138 cm³/mol. The van der Waals surface area contributed by atoms with Gasteiger partial charge >= 0.3 is 5.97 Å². The van der Waals surface area contributed by atoms with Crippen molar-refractivity contribution < 1.29 is 14.3 Å². The Morgan fingerprint density at radius 2 is 1.52 bits per heavy atom. The summed E-state index contributed by atoms with van der Waals surface area (Å²) in [6.07, 6.45) is 12.2. The van der Waals surface area contributed by atoms with Gasteiger partial charge in [0, 0.05) is 11.6 Å². The fourth-order valence-corrected chi connectivity index (χ4v) is 4.00. The second-order valence-corrected chi connectivity index (χ2v) is 8.83. The Morgan fingerprint density at radius 1 is 0.848 bits per heavy atom. The van der Waals surface area contributed by atoms with Crippen molar-refractivity contribution in [1.29, 1.82) is 0 Å². The molecule has 2 aromatic carbocycles. The number of ether oxygens (including phenoxy) is 2. The van der Waals surface area contributed by atoms with Crippen LogP contribution in [0.25, 0.3) is 0 Å². The molecule has 1 aromatic heterocycles. The lowest BCUT2D eigenvalue weighted by molar-refractivity contribution is 0.0735. The van der Waals surface area contributed by atoms with Crippen molar-refractivity contribution in [3.05, 3.63) is 76.5 Å². The molecule has 0 unspecified atom stereocenters. The Morgan fingerprint density at radius 3 is 2.18 bits per heavy atom. The number of hydrogen-bond donors (Lipinski definition) is 0. The van der Waals surface area contributed by atoms with Crippen molar-refractivity contribution in [2.24, 2.45) is 4.99 Å². The highest BCUT2D eigenvalue weighted by molar-refractivity contribution is 7.08. The zero-order valence-electron chi connectivity index (χ0n) is 19.4. The summed E-state index contributed by atoms with van der Waals surface area (Å²) in [4.78, 5) is 16.5. The minimum absolute atomic E-state index is 0.345. The molecule has 3 aromatic rings. The third-order valence-corrected chi connectivity index (χ3v) is 6.00. The first-order chi connectivity index (χ1) is 16.2. The van der Waals surface area contributed by atoms with Crippen LogP contribution in [0.1, 0.15) is 74.2 Å². The van der Waals surface area contributed by atoms with Gasteiger partial charge in [0.2, 0.25) is 0 Å². The van der Waals surface area contributed by atoms with Crippen LogP contribution < -0.4 is 9.47 Å². The SMILES string of the molecule is CCCCCCCCCCOc1ccc(N=Cc2ccc(OC(=O)c3ccsc3)cc2)cc1. The van der Waals surface area contributed by atoms with Gasteiger partial charge in [-0.25, -0.2) is 4.79 Å².